The number of methoxy groups -OCH3 is 2. The van der Waals surface area contributed by atoms with E-state index in [1.807, 2.05) is 58.8 Å². The second kappa shape index (κ2) is 10.3. The van der Waals surface area contributed by atoms with E-state index in [1.54, 1.807) is 26.6 Å². The lowest BCUT2D eigenvalue weighted by molar-refractivity contribution is -0.133. The van der Waals surface area contributed by atoms with Gasteiger partial charge in [-0.05, 0) is 26.0 Å². The van der Waals surface area contributed by atoms with Crippen molar-refractivity contribution in [2.24, 2.45) is 0 Å². The molecule has 3 heterocycles. The number of piperazine rings is 1. The second-order valence-corrected chi connectivity index (χ2v) is 9.74. The highest BCUT2D eigenvalue weighted by atomic mass is 16.5. The Labute approximate surface area is 217 Å². The van der Waals surface area contributed by atoms with Gasteiger partial charge in [-0.3, -0.25) is 14.2 Å². The van der Waals surface area contributed by atoms with E-state index in [0.29, 0.717) is 13.1 Å². The molecule has 0 saturated carbocycles. The zero-order chi connectivity index (χ0) is 26.0. The Bertz CT molecular complexity index is 1330. The van der Waals surface area contributed by atoms with Crippen molar-refractivity contribution >= 4 is 17.4 Å². The van der Waals surface area contributed by atoms with E-state index in [-0.39, 0.29) is 5.91 Å². The van der Waals surface area contributed by atoms with Crippen molar-refractivity contribution in [2.75, 3.05) is 45.7 Å². The molecule has 0 spiro atoms. The average Bonchev–Trinajstić information content (AvgIpc) is 3.31. The summed E-state index contributed by atoms with van der Waals surface area (Å²) in [5, 5.41) is 3.45. The Morgan fingerprint density at radius 3 is 2.59 bits per heavy atom. The van der Waals surface area contributed by atoms with Gasteiger partial charge in [0.2, 0.25) is 5.91 Å². The predicted molar refractivity (Wildman–Crippen MR) is 143 cm³/mol. The number of ether oxygens (including phenoxy) is 2. The number of benzene rings is 1. The number of aromatic nitrogens is 3. The van der Waals surface area contributed by atoms with Crippen molar-refractivity contribution in [3.8, 4) is 11.3 Å². The van der Waals surface area contributed by atoms with E-state index in [1.165, 1.54) is 5.70 Å². The zero-order valence-corrected chi connectivity index (χ0v) is 21.8. The molecule has 1 fully saturated rings. The first-order valence-corrected chi connectivity index (χ1v) is 12.6. The van der Waals surface area contributed by atoms with Crippen LogP contribution in [-0.2, 0) is 14.3 Å². The molecule has 1 N–H and O–H groups in total. The van der Waals surface area contributed by atoms with Gasteiger partial charge in [0.1, 0.15) is 23.3 Å². The topological polar surface area (TPSA) is 84.2 Å². The first kappa shape index (κ1) is 24.8. The molecule has 1 aliphatic heterocycles. The smallest absolute Gasteiger partial charge is 0.244 e. The number of nitrogens with one attached hydrogen (secondary N) is 1. The van der Waals surface area contributed by atoms with Gasteiger partial charge in [-0.2, -0.15) is 0 Å². The van der Waals surface area contributed by atoms with Gasteiger partial charge in [-0.25, -0.2) is 4.98 Å². The lowest BCUT2D eigenvalue weighted by Crippen LogP contribution is -2.52. The Morgan fingerprint density at radius 1 is 1.14 bits per heavy atom. The highest BCUT2D eigenvalue weighted by Crippen LogP contribution is 2.32. The number of hydrogen-bond donors (Lipinski definition) is 1. The molecule has 194 valence electrons. The minimum absolute atomic E-state index is 0.0690. The maximum Gasteiger partial charge on any atom is 0.244 e. The number of allylic oxidation sites excluding steroid dienone is 1. The van der Waals surface area contributed by atoms with Gasteiger partial charge in [0.25, 0.3) is 0 Å². The third-order valence-corrected chi connectivity index (χ3v) is 7.19. The van der Waals surface area contributed by atoms with Gasteiger partial charge in [0.15, 0.2) is 5.65 Å². The van der Waals surface area contributed by atoms with Crippen LogP contribution >= 0.6 is 0 Å². The maximum atomic E-state index is 13.5. The van der Waals surface area contributed by atoms with Crippen LogP contribution < -0.4 is 5.32 Å². The lowest BCUT2D eigenvalue weighted by atomic mass is 9.93. The summed E-state index contributed by atoms with van der Waals surface area (Å²) in [6.45, 7) is 6.80. The summed E-state index contributed by atoms with van der Waals surface area (Å²) in [4.78, 5) is 26.7. The van der Waals surface area contributed by atoms with Gasteiger partial charge in [0, 0.05) is 63.4 Å². The third kappa shape index (κ3) is 5.04. The van der Waals surface area contributed by atoms with Crippen molar-refractivity contribution in [3.05, 3.63) is 72.5 Å². The number of carbonyl (C=O) groups is 1. The molecule has 1 saturated heterocycles. The van der Waals surface area contributed by atoms with Crippen molar-refractivity contribution in [3.63, 3.8) is 0 Å². The van der Waals surface area contributed by atoms with Crippen molar-refractivity contribution < 1.29 is 14.3 Å². The van der Waals surface area contributed by atoms with Crippen LogP contribution in [0, 0.1) is 0 Å². The standard InChI is InChI=1S/C28H34N6O3/c1-20(30-26-25(21-8-6-5-7-9-21)31-24-19-29-10-11-34(24)26)27(35)33-14-12-32(13-15-33)22-16-23(36-3)18-28(2,17-22)37-4/h5-11,16,18-20,30H,12-15,17H2,1-4H3. The molecule has 5 rings (SSSR count). The van der Waals surface area contributed by atoms with Gasteiger partial charge < -0.3 is 24.6 Å². The van der Waals surface area contributed by atoms with E-state index in [2.05, 4.69) is 28.2 Å². The number of amides is 1. The van der Waals surface area contributed by atoms with E-state index >= 15 is 0 Å². The molecule has 2 atom stereocenters. The molecule has 2 unspecified atom stereocenters. The molecule has 0 bridgehead atoms. The minimum Gasteiger partial charge on any atom is -0.497 e. The number of nitrogens with zero attached hydrogens (tertiary/aromatic N) is 5. The van der Waals surface area contributed by atoms with Gasteiger partial charge in [-0.1, -0.05) is 30.3 Å². The quantitative estimate of drug-likeness (QED) is 0.529. The van der Waals surface area contributed by atoms with E-state index in [4.69, 9.17) is 14.5 Å². The SMILES string of the molecule is COC1=CC(C)(OC)CC(N2CCN(C(=O)C(C)Nc3c(-c4ccccc4)nc4cnccn34)CC2)=C1. The summed E-state index contributed by atoms with van der Waals surface area (Å²) in [6.07, 6.45) is 10.2. The first-order valence-electron chi connectivity index (χ1n) is 12.6. The van der Waals surface area contributed by atoms with E-state index < -0.39 is 11.6 Å². The van der Waals surface area contributed by atoms with Gasteiger partial charge >= 0.3 is 0 Å². The molecule has 9 nitrogen and oxygen atoms in total. The van der Waals surface area contributed by atoms with Crippen LogP contribution in [0.1, 0.15) is 20.3 Å². The summed E-state index contributed by atoms with van der Waals surface area (Å²) in [6, 6.07) is 9.56. The Hall–Kier alpha value is -3.85. The number of imidazole rings is 1. The molecular weight excluding hydrogens is 468 g/mol. The largest absolute Gasteiger partial charge is 0.497 e. The van der Waals surface area contributed by atoms with Crippen LogP contribution in [0.15, 0.2) is 72.5 Å². The van der Waals surface area contributed by atoms with Crippen molar-refractivity contribution in [1.29, 1.82) is 0 Å². The van der Waals surface area contributed by atoms with Crippen LogP contribution in [0.5, 0.6) is 0 Å². The minimum atomic E-state index is -0.421. The Balaban J connectivity index is 1.28. The Morgan fingerprint density at radius 2 is 1.89 bits per heavy atom. The second-order valence-electron chi connectivity index (χ2n) is 9.74. The van der Waals surface area contributed by atoms with Crippen molar-refractivity contribution in [1.82, 2.24) is 24.2 Å². The number of anilines is 1. The van der Waals surface area contributed by atoms with Crippen LogP contribution in [-0.4, -0.2) is 82.1 Å². The lowest BCUT2D eigenvalue weighted by Gasteiger charge is -2.41. The fraction of sp³-hybridized carbons (Fsp3) is 0.393. The number of hydrogen-bond acceptors (Lipinski definition) is 7. The molecule has 37 heavy (non-hydrogen) atoms. The molecule has 0 radical (unpaired) electrons. The third-order valence-electron chi connectivity index (χ3n) is 7.19. The molecule has 9 heteroatoms. The highest BCUT2D eigenvalue weighted by molar-refractivity contribution is 5.86. The molecule has 2 aliphatic rings. The molecular formula is C28H34N6O3. The predicted octanol–water partition coefficient (Wildman–Crippen LogP) is 3.56. The van der Waals surface area contributed by atoms with E-state index in [0.717, 1.165) is 48.0 Å². The molecule has 2 aromatic heterocycles. The summed E-state index contributed by atoms with van der Waals surface area (Å²) in [5.41, 5.74) is 3.28. The van der Waals surface area contributed by atoms with Crippen LogP contribution in [0.3, 0.4) is 0 Å². The highest BCUT2D eigenvalue weighted by Gasteiger charge is 2.32. The number of carbonyl (C=O) groups excluding carboxylic acids is 1. The molecule has 1 aromatic carbocycles. The number of rotatable bonds is 7. The van der Waals surface area contributed by atoms with Gasteiger partial charge in [-0.15, -0.1) is 0 Å². The first-order chi connectivity index (χ1) is 17.9. The molecule has 3 aromatic rings. The summed E-state index contributed by atoms with van der Waals surface area (Å²) < 4.78 is 13.2. The van der Waals surface area contributed by atoms with Crippen molar-refractivity contribution in [2.45, 2.75) is 31.9 Å². The molecule has 1 amide bonds. The fourth-order valence-corrected chi connectivity index (χ4v) is 5.02. The Kier molecular flexibility index (Phi) is 6.88. The number of fused-ring (bicyclic) bond motifs is 1. The van der Waals surface area contributed by atoms with E-state index in [9.17, 15) is 4.79 Å². The van der Waals surface area contributed by atoms with Crippen LogP contribution in [0.4, 0.5) is 5.82 Å². The maximum absolute atomic E-state index is 13.5. The average molecular weight is 503 g/mol. The summed E-state index contributed by atoms with van der Waals surface area (Å²) >= 11 is 0. The zero-order valence-electron chi connectivity index (χ0n) is 21.8. The van der Waals surface area contributed by atoms with Gasteiger partial charge in [0.05, 0.1) is 18.9 Å². The summed E-state index contributed by atoms with van der Waals surface area (Å²) in [5.74, 6) is 1.66. The fourth-order valence-electron chi connectivity index (χ4n) is 5.02. The van der Waals surface area contributed by atoms with Crippen LogP contribution in [0.2, 0.25) is 0 Å². The normalized spacial score (nSPS) is 20.9. The van der Waals surface area contributed by atoms with Crippen LogP contribution in [0.25, 0.3) is 16.9 Å². The monoisotopic (exact) mass is 502 g/mol. The molecule has 1 aliphatic carbocycles. The summed E-state index contributed by atoms with van der Waals surface area (Å²) in [7, 11) is 3.40.